The molecule has 0 aliphatic heterocycles. The van der Waals surface area contributed by atoms with Gasteiger partial charge in [0.1, 0.15) is 11.6 Å². The molecule has 0 saturated carbocycles. The van der Waals surface area contributed by atoms with Crippen LogP contribution in [0.4, 0.5) is 17.6 Å². The fourth-order valence-corrected chi connectivity index (χ4v) is 3.58. The number of aromatic amines is 1. The van der Waals surface area contributed by atoms with Crippen LogP contribution in [0.2, 0.25) is 0 Å². The van der Waals surface area contributed by atoms with Crippen LogP contribution in [0.15, 0.2) is 35.3 Å². The first-order valence-corrected chi connectivity index (χ1v) is 9.95. The van der Waals surface area contributed by atoms with Crippen molar-refractivity contribution >= 4 is 0 Å². The van der Waals surface area contributed by atoms with E-state index < -0.39 is 23.0 Å². The summed E-state index contributed by atoms with van der Waals surface area (Å²) >= 11 is 0. The van der Waals surface area contributed by atoms with Gasteiger partial charge in [0, 0.05) is 19.4 Å². The third-order valence-electron chi connectivity index (χ3n) is 5.17. The summed E-state index contributed by atoms with van der Waals surface area (Å²) in [4.78, 5) is 21.0. The minimum absolute atomic E-state index is 0. The lowest BCUT2D eigenvalue weighted by molar-refractivity contribution is -0.138. The Morgan fingerprint density at radius 1 is 1.12 bits per heavy atom. The predicted octanol–water partition coefficient (Wildman–Crippen LogP) is 4.75. The van der Waals surface area contributed by atoms with Crippen LogP contribution in [0.25, 0.3) is 22.6 Å². The maximum atomic E-state index is 13.6. The molecule has 8 nitrogen and oxygen atoms in total. The van der Waals surface area contributed by atoms with Gasteiger partial charge in [-0.05, 0) is 55.3 Å². The van der Waals surface area contributed by atoms with Gasteiger partial charge < -0.3 is 9.72 Å². The van der Waals surface area contributed by atoms with E-state index in [2.05, 4.69) is 25.4 Å². The number of ether oxygens (including phenoxy) is 1. The first-order valence-electron chi connectivity index (χ1n) is 9.95. The van der Waals surface area contributed by atoms with Crippen molar-refractivity contribution in [3.63, 3.8) is 0 Å². The predicted molar refractivity (Wildman–Crippen MR) is 116 cm³/mol. The number of aryl methyl sites for hydroxylation is 3. The molecule has 3 aromatic heterocycles. The van der Waals surface area contributed by atoms with E-state index in [1.54, 1.807) is 13.8 Å². The van der Waals surface area contributed by atoms with Gasteiger partial charge in [0.05, 0.1) is 29.4 Å². The van der Waals surface area contributed by atoms with Crippen LogP contribution in [-0.2, 0) is 13.2 Å². The summed E-state index contributed by atoms with van der Waals surface area (Å²) in [7, 11) is 1.53. The van der Waals surface area contributed by atoms with Gasteiger partial charge in [-0.25, -0.2) is 9.37 Å². The third kappa shape index (κ3) is 4.26. The molecule has 178 valence electrons. The Morgan fingerprint density at radius 2 is 1.85 bits per heavy atom. The second kappa shape index (κ2) is 8.36. The molecule has 0 fully saturated rings. The smallest absolute Gasteiger partial charge is 0.418 e. The van der Waals surface area contributed by atoms with E-state index in [-0.39, 0.29) is 41.3 Å². The van der Waals surface area contributed by atoms with E-state index >= 15 is 0 Å². The van der Waals surface area contributed by atoms with E-state index in [9.17, 15) is 22.4 Å². The number of rotatable bonds is 4. The molecule has 1 aromatic carbocycles. The van der Waals surface area contributed by atoms with Crippen LogP contribution in [0.3, 0.4) is 0 Å². The van der Waals surface area contributed by atoms with Gasteiger partial charge in [0.25, 0.3) is 0 Å². The molecule has 4 rings (SSSR count). The number of benzene rings is 1. The molecule has 0 atom stereocenters. The molecule has 12 heteroatoms. The molecule has 0 amide bonds. The fourth-order valence-electron chi connectivity index (χ4n) is 3.58. The number of pyridine rings is 2. The Bertz CT molecular complexity index is 1470. The molecule has 0 saturated heterocycles. The third-order valence-corrected chi connectivity index (χ3v) is 5.17. The Hall–Kier alpha value is -4.09. The molecular weight excluding hydrogens is 456 g/mol. The molecule has 4 aromatic rings. The number of hydrogen-bond acceptors (Lipinski definition) is 6. The first-order chi connectivity index (χ1) is 16.0. The minimum Gasteiger partial charge on any atom is -0.438 e. The van der Waals surface area contributed by atoms with Crippen LogP contribution < -0.4 is 10.2 Å². The molecule has 0 aliphatic rings. The molecule has 0 bridgehead atoms. The summed E-state index contributed by atoms with van der Waals surface area (Å²) in [5.74, 6) is -0.394. The summed E-state index contributed by atoms with van der Waals surface area (Å²) in [6, 6.07) is 4.86. The number of nitrogens with zero attached hydrogens (tertiary/aromatic N) is 5. The summed E-state index contributed by atoms with van der Waals surface area (Å²) in [5, 5.41) is 11.6. The molecule has 1 N–H and O–H groups in total. The highest BCUT2D eigenvalue weighted by Crippen LogP contribution is 2.41. The average Bonchev–Trinajstić information content (AvgIpc) is 3.14. The van der Waals surface area contributed by atoms with Crippen molar-refractivity contribution < 1.29 is 23.7 Å². The number of aromatic nitrogens is 6. The fraction of sp³-hybridized carbons (Fsp3) is 0.227. The van der Waals surface area contributed by atoms with E-state index in [0.717, 1.165) is 12.1 Å². The lowest BCUT2D eigenvalue weighted by atomic mass is 10.0. The zero-order chi connectivity index (χ0) is 24.8. The largest absolute Gasteiger partial charge is 0.438 e. The summed E-state index contributed by atoms with van der Waals surface area (Å²) in [6.07, 6.45) is -4.02. The van der Waals surface area contributed by atoms with Crippen LogP contribution in [0.5, 0.6) is 11.6 Å². The Balaban J connectivity index is 0.00000342. The number of tetrazole rings is 1. The van der Waals surface area contributed by atoms with Crippen LogP contribution >= 0.6 is 0 Å². The van der Waals surface area contributed by atoms with Crippen molar-refractivity contribution in [2.45, 2.75) is 26.9 Å². The van der Waals surface area contributed by atoms with Gasteiger partial charge >= 0.3 is 6.18 Å². The maximum absolute atomic E-state index is 13.6. The Morgan fingerprint density at radius 3 is 2.44 bits per heavy atom. The van der Waals surface area contributed by atoms with E-state index in [1.807, 2.05) is 0 Å². The highest BCUT2D eigenvalue weighted by molar-refractivity contribution is 5.73. The monoisotopic (exact) mass is 476 g/mol. The molecule has 0 aliphatic carbocycles. The standard InChI is InChI=1S/C22H18F4N6O2.H2/c1-10-7-13(23)5-6-17(10)34-21-18(11(2)14(9-27-21)22(24,25)26)15-8-16(33)19(12(3)28-15)20-29-31-32(4)30-20;/h5-9H,1-4H3,(H,28,33);1H. The molecule has 0 unspecified atom stereocenters. The van der Waals surface area contributed by atoms with Gasteiger partial charge in [-0.15, -0.1) is 10.2 Å². The van der Waals surface area contributed by atoms with Crippen molar-refractivity contribution in [2.75, 3.05) is 0 Å². The SMILES string of the molecule is Cc1cc(F)ccc1Oc1ncc(C(F)(F)F)c(C)c1-c1cc(=O)c(-c2nnn(C)n2)c(C)[nH]1.[HH]. The lowest BCUT2D eigenvalue weighted by Crippen LogP contribution is -2.13. The average molecular weight is 476 g/mol. The zero-order valence-electron chi connectivity index (χ0n) is 18.5. The normalized spacial score (nSPS) is 11.6. The number of hydrogen-bond donors (Lipinski definition) is 1. The van der Waals surface area contributed by atoms with Gasteiger partial charge in [-0.2, -0.15) is 18.0 Å². The summed E-state index contributed by atoms with van der Waals surface area (Å²) < 4.78 is 60.2. The number of nitrogens with one attached hydrogen (secondary N) is 1. The van der Waals surface area contributed by atoms with E-state index in [0.29, 0.717) is 17.5 Å². The van der Waals surface area contributed by atoms with Crippen molar-refractivity contribution in [2.24, 2.45) is 7.05 Å². The molecule has 3 heterocycles. The van der Waals surface area contributed by atoms with Crippen molar-refractivity contribution in [3.05, 3.63) is 68.9 Å². The highest BCUT2D eigenvalue weighted by Gasteiger charge is 2.35. The quantitative estimate of drug-likeness (QED) is 0.427. The minimum atomic E-state index is -4.69. The molecular formula is C22H20F4N6O2. The van der Waals surface area contributed by atoms with Crippen LogP contribution in [-0.4, -0.2) is 30.2 Å². The number of alkyl halides is 3. The van der Waals surface area contributed by atoms with Crippen molar-refractivity contribution in [1.29, 1.82) is 0 Å². The Kier molecular flexibility index (Phi) is 5.67. The van der Waals surface area contributed by atoms with E-state index in [4.69, 9.17) is 4.74 Å². The molecule has 0 radical (unpaired) electrons. The van der Waals surface area contributed by atoms with Gasteiger partial charge in [0.2, 0.25) is 11.7 Å². The lowest BCUT2D eigenvalue weighted by Gasteiger charge is -2.18. The zero-order valence-corrected chi connectivity index (χ0v) is 18.5. The maximum Gasteiger partial charge on any atom is 0.418 e. The summed E-state index contributed by atoms with van der Waals surface area (Å²) in [6.45, 7) is 4.41. The van der Waals surface area contributed by atoms with Crippen molar-refractivity contribution in [1.82, 2.24) is 30.2 Å². The summed E-state index contributed by atoms with van der Waals surface area (Å²) in [5.41, 5.74) is -0.846. The van der Waals surface area contributed by atoms with E-state index in [1.165, 1.54) is 30.9 Å². The van der Waals surface area contributed by atoms with Crippen LogP contribution in [0, 0.1) is 26.6 Å². The second-order valence-electron chi connectivity index (χ2n) is 7.64. The van der Waals surface area contributed by atoms with Crippen molar-refractivity contribution in [3.8, 4) is 34.3 Å². The topological polar surface area (TPSA) is 98.6 Å². The van der Waals surface area contributed by atoms with Gasteiger partial charge in [-0.3, -0.25) is 4.79 Å². The number of halogens is 4. The molecule has 34 heavy (non-hydrogen) atoms. The van der Waals surface area contributed by atoms with Crippen LogP contribution in [0.1, 0.15) is 23.8 Å². The van der Waals surface area contributed by atoms with Gasteiger partial charge in [0.15, 0.2) is 5.43 Å². The van der Waals surface area contributed by atoms with Gasteiger partial charge in [-0.1, -0.05) is 0 Å². The second-order valence-corrected chi connectivity index (χ2v) is 7.64. The highest BCUT2D eigenvalue weighted by atomic mass is 19.4. The number of H-pyrrole nitrogens is 1. The Labute approximate surface area is 191 Å². The first kappa shape index (κ1) is 23.1. The molecule has 0 spiro atoms.